The fraction of sp³-hybridized carbons (Fsp3) is 0.375. The molecule has 0 saturated heterocycles. The molecule has 0 spiro atoms. The smallest absolute Gasteiger partial charge is 0.252 e. The molecule has 0 bridgehead atoms. The molecule has 0 aliphatic heterocycles. The Morgan fingerprint density at radius 3 is 3.09 bits per heavy atom. The minimum Gasteiger partial charge on any atom is -0.317 e. The van der Waals surface area contributed by atoms with Crippen LogP contribution in [0.4, 0.5) is 0 Å². The molecule has 11 heavy (non-hydrogen) atoms. The van der Waals surface area contributed by atoms with E-state index in [1.807, 2.05) is 0 Å². The summed E-state index contributed by atoms with van der Waals surface area (Å²) >= 11 is 2.14. The number of fused-ring (bicyclic) bond motifs is 1. The first-order valence-corrected chi connectivity index (χ1v) is 4.76. The molecule has 0 radical (unpaired) electrons. The minimum atomic E-state index is 0.115. The Hall–Kier alpha value is -0.320. The number of pyridine rings is 1. The van der Waals surface area contributed by atoms with Gasteiger partial charge in [-0.1, -0.05) is 0 Å². The fourth-order valence-corrected chi connectivity index (χ4v) is 2.18. The van der Waals surface area contributed by atoms with E-state index in [0.717, 1.165) is 28.5 Å². The average molecular weight is 261 g/mol. The van der Waals surface area contributed by atoms with Crippen molar-refractivity contribution in [2.75, 3.05) is 0 Å². The molecule has 1 aliphatic rings. The summed E-state index contributed by atoms with van der Waals surface area (Å²) in [6.07, 6.45) is 3.18. The Morgan fingerprint density at radius 1 is 1.45 bits per heavy atom. The number of nitrogens with one attached hydrogen (secondary N) is 1. The van der Waals surface area contributed by atoms with Gasteiger partial charge in [0.25, 0.3) is 5.56 Å². The van der Waals surface area contributed by atoms with Crippen LogP contribution in [0.2, 0.25) is 0 Å². The van der Waals surface area contributed by atoms with Gasteiger partial charge in [0.15, 0.2) is 0 Å². The molecule has 2 rings (SSSR count). The highest BCUT2D eigenvalue weighted by Crippen LogP contribution is 2.18. The standard InChI is InChI=1S/C8H8INO/c9-7-4-5-2-1-3-6(5)8(11)10-7/h4H,1-3H2,(H,10,11). The van der Waals surface area contributed by atoms with Crippen molar-refractivity contribution >= 4 is 22.6 Å². The lowest BCUT2D eigenvalue weighted by molar-refractivity contribution is 0.907. The second-order valence-electron chi connectivity index (χ2n) is 2.80. The van der Waals surface area contributed by atoms with Crippen LogP contribution in [-0.2, 0) is 12.8 Å². The fourth-order valence-electron chi connectivity index (χ4n) is 1.56. The van der Waals surface area contributed by atoms with E-state index in [1.54, 1.807) is 0 Å². The van der Waals surface area contributed by atoms with Crippen molar-refractivity contribution < 1.29 is 0 Å². The number of hydrogen-bond acceptors (Lipinski definition) is 1. The number of halogens is 1. The minimum absolute atomic E-state index is 0.115. The highest BCUT2D eigenvalue weighted by Gasteiger charge is 2.14. The van der Waals surface area contributed by atoms with Gasteiger partial charge in [-0.3, -0.25) is 4.79 Å². The molecular weight excluding hydrogens is 253 g/mol. The first kappa shape index (κ1) is 7.34. The summed E-state index contributed by atoms with van der Waals surface area (Å²) in [5.41, 5.74) is 2.37. The SMILES string of the molecule is O=c1[nH]c(I)cc2c1CCC2. The molecule has 2 nitrogen and oxygen atoms in total. The van der Waals surface area contributed by atoms with Crippen LogP contribution in [0, 0.1) is 3.70 Å². The van der Waals surface area contributed by atoms with Crippen LogP contribution in [0.25, 0.3) is 0 Å². The van der Waals surface area contributed by atoms with E-state index >= 15 is 0 Å². The number of aromatic nitrogens is 1. The van der Waals surface area contributed by atoms with Crippen molar-refractivity contribution in [3.05, 3.63) is 31.2 Å². The monoisotopic (exact) mass is 261 g/mol. The lowest BCUT2D eigenvalue weighted by Gasteiger charge is -1.96. The first-order valence-electron chi connectivity index (χ1n) is 3.68. The van der Waals surface area contributed by atoms with Gasteiger partial charge in [0.05, 0.1) is 3.70 Å². The molecular formula is C8H8INO. The molecule has 0 amide bonds. The van der Waals surface area contributed by atoms with Gasteiger partial charge < -0.3 is 4.98 Å². The number of hydrogen-bond donors (Lipinski definition) is 1. The van der Waals surface area contributed by atoms with Gasteiger partial charge in [0, 0.05) is 5.56 Å². The zero-order valence-electron chi connectivity index (χ0n) is 5.98. The van der Waals surface area contributed by atoms with Crippen molar-refractivity contribution in [1.29, 1.82) is 0 Å². The molecule has 0 aromatic carbocycles. The zero-order valence-corrected chi connectivity index (χ0v) is 8.14. The Balaban J connectivity index is 2.70. The maximum absolute atomic E-state index is 11.3. The predicted molar refractivity (Wildman–Crippen MR) is 51.8 cm³/mol. The first-order chi connectivity index (χ1) is 5.27. The summed E-state index contributed by atoms with van der Waals surface area (Å²) < 4.78 is 0.952. The molecule has 0 atom stereocenters. The second kappa shape index (κ2) is 2.62. The van der Waals surface area contributed by atoms with Gasteiger partial charge in [0.2, 0.25) is 0 Å². The number of aryl methyl sites for hydroxylation is 1. The molecule has 1 N–H and O–H groups in total. The van der Waals surface area contributed by atoms with Gasteiger partial charge in [-0.15, -0.1) is 0 Å². The number of H-pyrrole nitrogens is 1. The molecule has 1 aliphatic carbocycles. The highest BCUT2D eigenvalue weighted by molar-refractivity contribution is 14.1. The lowest BCUT2D eigenvalue weighted by atomic mass is 10.2. The molecule has 1 aromatic rings. The molecule has 1 heterocycles. The van der Waals surface area contributed by atoms with E-state index < -0.39 is 0 Å². The average Bonchev–Trinajstić information content (AvgIpc) is 2.34. The third kappa shape index (κ3) is 1.21. The molecule has 0 fully saturated rings. The van der Waals surface area contributed by atoms with Crippen LogP contribution in [0.1, 0.15) is 17.5 Å². The van der Waals surface area contributed by atoms with Gasteiger partial charge >= 0.3 is 0 Å². The van der Waals surface area contributed by atoms with Crippen molar-refractivity contribution in [2.24, 2.45) is 0 Å². The third-order valence-corrected chi connectivity index (χ3v) is 2.65. The van der Waals surface area contributed by atoms with E-state index in [-0.39, 0.29) is 5.56 Å². The Labute approximate surface area is 78.2 Å². The predicted octanol–water partition coefficient (Wildman–Crippen LogP) is 1.47. The largest absolute Gasteiger partial charge is 0.317 e. The van der Waals surface area contributed by atoms with Gasteiger partial charge in [-0.05, 0) is 53.5 Å². The Kier molecular flexibility index (Phi) is 1.75. The van der Waals surface area contributed by atoms with Crippen molar-refractivity contribution in [3.8, 4) is 0 Å². The second-order valence-corrected chi connectivity index (χ2v) is 3.97. The lowest BCUT2D eigenvalue weighted by Crippen LogP contribution is -2.12. The maximum Gasteiger partial charge on any atom is 0.252 e. The van der Waals surface area contributed by atoms with Crippen molar-refractivity contribution in [3.63, 3.8) is 0 Å². The summed E-state index contributed by atoms with van der Waals surface area (Å²) in [4.78, 5) is 14.1. The van der Waals surface area contributed by atoms with E-state index in [1.165, 1.54) is 5.56 Å². The van der Waals surface area contributed by atoms with Crippen LogP contribution in [0.5, 0.6) is 0 Å². The van der Waals surface area contributed by atoms with Crippen LogP contribution >= 0.6 is 22.6 Å². The molecule has 1 aromatic heterocycles. The topological polar surface area (TPSA) is 32.9 Å². The normalized spacial score (nSPS) is 15.0. The summed E-state index contributed by atoms with van der Waals surface area (Å²) in [6, 6.07) is 2.07. The van der Waals surface area contributed by atoms with Crippen molar-refractivity contribution in [1.82, 2.24) is 4.98 Å². The third-order valence-electron chi connectivity index (χ3n) is 2.07. The summed E-state index contributed by atoms with van der Waals surface area (Å²) in [6.45, 7) is 0. The summed E-state index contributed by atoms with van der Waals surface area (Å²) in [5.74, 6) is 0. The Bertz CT molecular complexity index is 342. The molecule has 3 heteroatoms. The Morgan fingerprint density at radius 2 is 2.27 bits per heavy atom. The van der Waals surface area contributed by atoms with Crippen LogP contribution in [0.3, 0.4) is 0 Å². The van der Waals surface area contributed by atoms with Gasteiger partial charge in [-0.25, -0.2) is 0 Å². The van der Waals surface area contributed by atoms with Gasteiger partial charge in [-0.2, -0.15) is 0 Å². The van der Waals surface area contributed by atoms with E-state index in [9.17, 15) is 4.79 Å². The molecule has 0 unspecified atom stereocenters. The number of aromatic amines is 1. The quantitative estimate of drug-likeness (QED) is 0.556. The maximum atomic E-state index is 11.3. The molecule has 0 saturated carbocycles. The number of rotatable bonds is 0. The molecule has 58 valence electrons. The van der Waals surface area contributed by atoms with E-state index in [2.05, 4.69) is 33.6 Å². The van der Waals surface area contributed by atoms with Crippen LogP contribution < -0.4 is 5.56 Å². The van der Waals surface area contributed by atoms with Gasteiger partial charge in [0.1, 0.15) is 0 Å². The summed E-state index contributed by atoms with van der Waals surface area (Å²) in [5, 5.41) is 0. The van der Waals surface area contributed by atoms with E-state index in [4.69, 9.17) is 0 Å². The van der Waals surface area contributed by atoms with E-state index in [0.29, 0.717) is 0 Å². The van der Waals surface area contributed by atoms with Crippen molar-refractivity contribution in [2.45, 2.75) is 19.3 Å². The van der Waals surface area contributed by atoms with Crippen LogP contribution in [-0.4, -0.2) is 4.98 Å². The zero-order chi connectivity index (χ0) is 7.84. The van der Waals surface area contributed by atoms with Crippen LogP contribution in [0.15, 0.2) is 10.9 Å². The highest BCUT2D eigenvalue weighted by atomic mass is 127. The summed E-state index contributed by atoms with van der Waals surface area (Å²) in [7, 11) is 0.